The summed E-state index contributed by atoms with van der Waals surface area (Å²) in [6.45, 7) is 0.681. The Morgan fingerprint density at radius 3 is 2.53 bits per heavy atom. The van der Waals surface area contributed by atoms with Gasteiger partial charge in [-0.1, -0.05) is 46.3 Å². The summed E-state index contributed by atoms with van der Waals surface area (Å²) in [4.78, 5) is 0. The van der Waals surface area contributed by atoms with Crippen molar-refractivity contribution in [1.29, 1.82) is 0 Å². The van der Waals surface area contributed by atoms with Crippen molar-refractivity contribution >= 4 is 27.5 Å². The Hall–Kier alpha value is -0.990. The van der Waals surface area contributed by atoms with Gasteiger partial charge in [-0.15, -0.1) is 11.6 Å². The predicted octanol–water partition coefficient (Wildman–Crippen LogP) is 4.85. The van der Waals surface area contributed by atoms with Gasteiger partial charge >= 0.3 is 0 Å². The minimum Gasteiger partial charge on any atom is -0.493 e. The lowest BCUT2D eigenvalue weighted by molar-refractivity contribution is 0.319. The summed E-state index contributed by atoms with van der Waals surface area (Å²) in [5, 5.41) is 0. The predicted molar refractivity (Wildman–Crippen MR) is 84.2 cm³/mol. The van der Waals surface area contributed by atoms with Crippen molar-refractivity contribution in [2.24, 2.45) is 0 Å². The van der Waals surface area contributed by atoms with Crippen molar-refractivity contribution in [3.8, 4) is 5.75 Å². The summed E-state index contributed by atoms with van der Waals surface area (Å²) in [5.41, 5.74) is 2.44. The quantitative estimate of drug-likeness (QED) is 0.683. The standard InChI is InChI=1S/C16H16BrClO/c17-15-6-7-16(14(12-15)8-10-18)19-11-9-13-4-2-1-3-5-13/h1-7,12H,8-11H2. The van der Waals surface area contributed by atoms with Gasteiger partial charge in [-0.25, -0.2) is 0 Å². The Labute approximate surface area is 127 Å². The molecule has 0 N–H and O–H groups in total. The van der Waals surface area contributed by atoms with E-state index in [4.69, 9.17) is 16.3 Å². The summed E-state index contributed by atoms with van der Waals surface area (Å²) < 4.78 is 6.93. The van der Waals surface area contributed by atoms with Crippen LogP contribution in [0.3, 0.4) is 0 Å². The fraction of sp³-hybridized carbons (Fsp3) is 0.250. The van der Waals surface area contributed by atoms with Gasteiger partial charge < -0.3 is 4.74 Å². The highest BCUT2D eigenvalue weighted by Gasteiger charge is 2.04. The van der Waals surface area contributed by atoms with E-state index >= 15 is 0 Å². The molecular weight excluding hydrogens is 324 g/mol. The molecule has 2 aromatic carbocycles. The van der Waals surface area contributed by atoms with Gasteiger partial charge in [0.15, 0.2) is 0 Å². The first-order valence-corrected chi connectivity index (χ1v) is 7.63. The Balaban J connectivity index is 1.95. The third-order valence-electron chi connectivity index (χ3n) is 2.88. The molecule has 0 spiro atoms. The van der Waals surface area contributed by atoms with Gasteiger partial charge in [-0.05, 0) is 35.7 Å². The van der Waals surface area contributed by atoms with Crippen LogP contribution in [0.5, 0.6) is 5.75 Å². The third-order valence-corrected chi connectivity index (χ3v) is 3.56. The Kier molecular flexibility index (Phi) is 5.74. The largest absolute Gasteiger partial charge is 0.493 e. The zero-order chi connectivity index (χ0) is 13.5. The first-order chi connectivity index (χ1) is 9.29. The highest BCUT2D eigenvalue weighted by atomic mass is 79.9. The second kappa shape index (κ2) is 7.56. The molecule has 0 saturated heterocycles. The van der Waals surface area contributed by atoms with E-state index in [0.717, 1.165) is 28.6 Å². The molecule has 0 aliphatic rings. The maximum absolute atomic E-state index is 5.87. The Morgan fingerprint density at radius 1 is 1.00 bits per heavy atom. The van der Waals surface area contributed by atoms with Crippen molar-refractivity contribution in [3.05, 3.63) is 64.1 Å². The number of halogens is 2. The van der Waals surface area contributed by atoms with Gasteiger partial charge in [-0.2, -0.15) is 0 Å². The molecule has 0 bridgehead atoms. The average molecular weight is 340 g/mol. The number of hydrogen-bond donors (Lipinski definition) is 0. The lowest BCUT2D eigenvalue weighted by Crippen LogP contribution is -2.03. The number of ether oxygens (including phenoxy) is 1. The van der Waals surface area contributed by atoms with Crippen LogP contribution in [0.15, 0.2) is 53.0 Å². The van der Waals surface area contributed by atoms with Crippen LogP contribution in [0.1, 0.15) is 11.1 Å². The number of alkyl halides is 1. The Morgan fingerprint density at radius 2 is 1.79 bits per heavy atom. The number of aryl methyl sites for hydroxylation is 1. The van der Waals surface area contributed by atoms with E-state index in [9.17, 15) is 0 Å². The summed E-state index contributed by atoms with van der Waals surface area (Å²) >= 11 is 9.29. The zero-order valence-electron chi connectivity index (χ0n) is 10.6. The molecule has 2 aromatic rings. The molecule has 0 aliphatic heterocycles. The highest BCUT2D eigenvalue weighted by Crippen LogP contribution is 2.24. The molecular formula is C16H16BrClO. The molecule has 0 saturated carbocycles. The first-order valence-electron chi connectivity index (χ1n) is 6.30. The molecule has 3 heteroatoms. The van der Waals surface area contributed by atoms with Crippen molar-refractivity contribution in [2.45, 2.75) is 12.8 Å². The molecule has 0 fully saturated rings. The highest BCUT2D eigenvalue weighted by molar-refractivity contribution is 9.10. The van der Waals surface area contributed by atoms with Crippen molar-refractivity contribution < 1.29 is 4.74 Å². The SMILES string of the molecule is ClCCc1cc(Br)ccc1OCCc1ccccc1. The molecule has 0 amide bonds. The molecule has 0 aliphatic carbocycles. The van der Waals surface area contributed by atoms with Crippen molar-refractivity contribution in [3.63, 3.8) is 0 Å². The topological polar surface area (TPSA) is 9.23 Å². The second-order valence-electron chi connectivity index (χ2n) is 4.28. The van der Waals surface area contributed by atoms with E-state index in [2.05, 4.69) is 34.1 Å². The Bertz CT molecular complexity index is 513. The number of benzene rings is 2. The maximum Gasteiger partial charge on any atom is 0.122 e. The molecule has 0 aromatic heterocycles. The molecule has 0 heterocycles. The van der Waals surface area contributed by atoms with Gasteiger partial charge in [-0.3, -0.25) is 0 Å². The first kappa shape index (κ1) is 14.4. The molecule has 0 atom stereocenters. The van der Waals surface area contributed by atoms with Gasteiger partial charge in [0.05, 0.1) is 6.61 Å². The molecule has 0 radical (unpaired) electrons. The van der Waals surface area contributed by atoms with Gasteiger partial charge in [0.1, 0.15) is 5.75 Å². The number of rotatable bonds is 6. The van der Waals surface area contributed by atoms with Crippen molar-refractivity contribution in [1.82, 2.24) is 0 Å². The molecule has 2 rings (SSSR count). The van der Waals surface area contributed by atoms with Crippen LogP contribution < -0.4 is 4.74 Å². The van der Waals surface area contributed by atoms with E-state index < -0.39 is 0 Å². The minimum absolute atomic E-state index is 0.603. The summed E-state index contributed by atoms with van der Waals surface area (Å²) in [7, 11) is 0. The molecule has 0 unspecified atom stereocenters. The third kappa shape index (κ3) is 4.55. The van der Waals surface area contributed by atoms with Crippen LogP contribution in [0.2, 0.25) is 0 Å². The van der Waals surface area contributed by atoms with Gasteiger partial charge in [0, 0.05) is 16.8 Å². The molecule has 1 nitrogen and oxygen atoms in total. The van der Waals surface area contributed by atoms with E-state index in [1.54, 1.807) is 0 Å². The lowest BCUT2D eigenvalue weighted by Gasteiger charge is -2.11. The molecule has 100 valence electrons. The summed E-state index contributed by atoms with van der Waals surface area (Å²) in [6.07, 6.45) is 1.74. The lowest BCUT2D eigenvalue weighted by atomic mass is 10.1. The monoisotopic (exact) mass is 338 g/mol. The second-order valence-corrected chi connectivity index (χ2v) is 5.57. The summed E-state index contributed by atoms with van der Waals surface area (Å²) in [6, 6.07) is 16.4. The average Bonchev–Trinajstić information content (AvgIpc) is 2.43. The van der Waals surface area contributed by atoms with Crippen LogP contribution in [-0.4, -0.2) is 12.5 Å². The fourth-order valence-electron chi connectivity index (χ4n) is 1.91. The smallest absolute Gasteiger partial charge is 0.122 e. The fourth-order valence-corrected chi connectivity index (χ4v) is 2.52. The molecule has 19 heavy (non-hydrogen) atoms. The minimum atomic E-state index is 0.603. The van der Waals surface area contributed by atoms with Gasteiger partial charge in [0.2, 0.25) is 0 Å². The van der Waals surface area contributed by atoms with Crippen LogP contribution >= 0.6 is 27.5 Å². The van der Waals surface area contributed by atoms with E-state index in [1.165, 1.54) is 5.56 Å². The number of hydrogen-bond acceptors (Lipinski definition) is 1. The van der Waals surface area contributed by atoms with Crippen molar-refractivity contribution in [2.75, 3.05) is 12.5 Å². The summed E-state index contributed by atoms with van der Waals surface area (Å²) in [5.74, 6) is 1.53. The van der Waals surface area contributed by atoms with E-state index in [-0.39, 0.29) is 0 Å². The van der Waals surface area contributed by atoms with Gasteiger partial charge in [0.25, 0.3) is 0 Å². The van der Waals surface area contributed by atoms with Crippen LogP contribution in [0, 0.1) is 0 Å². The van der Waals surface area contributed by atoms with Crippen LogP contribution in [-0.2, 0) is 12.8 Å². The van der Waals surface area contributed by atoms with Crippen LogP contribution in [0.4, 0.5) is 0 Å². The zero-order valence-corrected chi connectivity index (χ0v) is 13.0. The van der Waals surface area contributed by atoms with E-state index in [1.807, 2.05) is 30.3 Å². The van der Waals surface area contributed by atoms with E-state index in [0.29, 0.717) is 12.5 Å². The van der Waals surface area contributed by atoms with Crippen LogP contribution in [0.25, 0.3) is 0 Å². The normalized spacial score (nSPS) is 10.4. The maximum atomic E-state index is 5.87.